The predicted octanol–water partition coefficient (Wildman–Crippen LogP) is 2.58. The van der Waals surface area contributed by atoms with Gasteiger partial charge in [0.25, 0.3) is 0 Å². The Morgan fingerprint density at radius 1 is 1.17 bits per heavy atom. The van der Waals surface area contributed by atoms with Gasteiger partial charge in [-0.1, -0.05) is 30.3 Å². The lowest BCUT2D eigenvalue weighted by molar-refractivity contribution is -0.136. The van der Waals surface area contributed by atoms with Crippen molar-refractivity contribution in [1.29, 1.82) is 0 Å². The van der Waals surface area contributed by atoms with Crippen LogP contribution in [0.1, 0.15) is 23.1 Å². The summed E-state index contributed by atoms with van der Waals surface area (Å²) in [5, 5.41) is 11.4. The molecule has 0 aliphatic carbocycles. The van der Waals surface area contributed by atoms with Crippen LogP contribution < -0.4 is 5.32 Å². The monoisotopic (exact) mass is 327 g/mol. The van der Waals surface area contributed by atoms with Crippen LogP contribution >= 0.6 is 0 Å². The topological polar surface area (TPSA) is 82.5 Å². The van der Waals surface area contributed by atoms with Gasteiger partial charge in [0, 0.05) is 32.0 Å². The predicted molar refractivity (Wildman–Crippen MR) is 90.3 cm³/mol. The Morgan fingerprint density at radius 2 is 1.96 bits per heavy atom. The highest BCUT2D eigenvalue weighted by atomic mass is 16.4. The van der Waals surface area contributed by atoms with Crippen molar-refractivity contribution in [2.45, 2.75) is 26.4 Å². The molecular weight excluding hydrogens is 306 g/mol. The van der Waals surface area contributed by atoms with E-state index in [2.05, 4.69) is 10.3 Å². The Labute approximate surface area is 141 Å². The molecule has 126 valence electrons. The lowest BCUT2D eigenvalue weighted by Gasteiger charge is -2.24. The second-order valence-corrected chi connectivity index (χ2v) is 5.52. The summed E-state index contributed by atoms with van der Waals surface area (Å²) < 4.78 is 0. The van der Waals surface area contributed by atoms with Crippen molar-refractivity contribution in [2.75, 3.05) is 6.54 Å². The van der Waals surface area contributed by atoms with E-state index >= 15 is 0 Å². The molecule has 0 bridgehead atoms. The van der Waals surface area contributed by atoms with Crippen molar-refractivity contribution in [2.24, 2.45) is 0 Å². The molecule has 6 heteroatoms. The first-order valence-electron chi connectivity index (χ1n) is 7.74. The summed E-state index contributed by atoms with van der Waals surface area (Å²) in [7, 11) is 0. The third kappa shape index (κ3) is 5.39. The zero-order chi connectivity index (χ0) is 17.4. The molecular formula is C18H21N3O3. The molecule has 2 aromatic rings. The molecule has 0 fully saturated rings. The minimum atomic E-state index is -0.937. The van der Waals surface area contributed by atoms with E-state index in [9.17, 15) is 9.59 Å². The largest absolute Gasteiger partial charge is 0.481 e. The van der Waals surface area contributed by atoms with Crippen LogP contribution in [0.4, 0.5) is 4.79 Å². The first kappa shape index (κ1) is 17.5. The van der Waals surface area contributed by atoms with Gasteiger partial charge in [-0.15, -0.1) is 0 Å². The van der Waals surface area contributed by atoms with Crippen molar-refractivity contribution >= 4 is 12.0 Å². The number of carbonyl (C=O) groups is 2. The maximum atomic E-state index is 12.4. The van der Waals surface area contributed by atoms with E-state index in [0.717, 1.165) is 16.7 Å². The van der Waals surface area contributed by atoms with Crippen LogP contribution in [0.2, 0.25) is 0 Å². The van der Waals surface area contributed by atoms with Crippen LogP contribution in [0, 0.1) is 6.92 Å². The van der Waals surface area contributed by atoms with Gasteiger partial charge in [-0.2, -0.15) is 0 Å². The fraction of sp³-hybridized carbons (Fsp3) is 0.278. The smallest absolute Gasteiger partial charge is 0.318 e. The van der Waals surface area contributed by atoms with Gasteiger partial charge >= 0.3 is 12.0 Å². The zero-order valence-corrected chi connectivity index (χ0v) is 13.6. The second-order valence-electron chi connectivity index (χ2n) is 5.52. The number of nitrogens with zero attached hydrogens (tertiary/aromatic N) is 2. The van der Waals surface area contributed by atoms with Crippen LogP contribution in [0.3, 0.4) is 0 Å². The average molecular weight is 327 g/mol. The van der Waals surface area contributed by atoms with Crippen molar-refractivity contribution < 1.29 is 14.7 Å². The number of carboxylic acids is 1. The number of aliphatic carboxylic acids is 1. The first-order valence-corrected chi connectivity index (χ1v) is 7.74. The third-order valence-electron chi connectivity index (χ3n) is 3.62. The van der Waals surface area contributed by atoms with Crippen molar-refractivity contribution in [1.82, 2.24) is 15.2 Å². The summed E-state index contributed by atoms with van der Waals surface area (Å²) in [6.45, 7) is 2.95. The maximum Gasteiger partial charge on any atom is 0.318 e. The molecule has 24 heavy (non-hydrogen) atoms. The first-order chi connectivity index (χ1) is 11.6. The Hall–Kier alpha value is -2.89. The van der Waals surface area contributed by atoms with Gasteiger partial charge in [0.15, 0.2) is 0 Å². The number of hydrogen-bond acceptors (Lipinski definition) is 3. The van der Waals surface area contributed by atoms with Gasteiger partial charge in [-0.25, -0.2) is 4.79 Å². The lowest BCUT2D eigenvalue weighted by atomic mass is 10.1. The van der Waals surface area contributed by atoms with Crippen molar-refractivity contribution in [3.63, 3.8) is 0 Å². The summed E-state index contributed by atoms with van der Waals surface area (Å²) in [4.78, 5) is 28.8. The number of benzene rings is 1. The SMILES string of the molecule is Cc1ccccc1CN(Cc1cccnc1)C(=O)NCCC(=O)O. The number of nitrogens with one attached hydrogen (secondary N) is 1. The van der Waals surface area contributed by atoms with E-state index in [1.165, 1.54) is 0 Å². The maximum absolute atomic E-state index is 12.4. The molecule has 1 aromatic carbocycles. The Kier molecular flexibility index (Phi) is 6.31. The van der Waals surface area contributed by atoms with Gasteiger partial charge in [-0.05, 0) is 29.7 Å². The molecule has 0 aliphatic rings. The van der Waals surface area contributed by atoms with Crippen LogP contribution in [-0.2, 0) is 17.9 Å². The Morgan fingerprint density at radius 3 is 2.62 bits per heavy atom. The summed E-state index contributed by atoms with van der Waals surface area (Å²) in [6.07, 6.45) is 3.30. The summed E-state index contributed by atoms with van der Waals surface area (Å²) in [5.74, 6) is -0.937. The number of amides is 2. The van der Waals surface area contributed by atoms with Gasteiger partial charge in [0.2, 0.25) is 0 Å². The van der Waals surface area contributed by atoms with Gasteiger partial charge in [-0.3, -0.25) is 9.78 Å². The van der Waals surface area contributed by atoms with Crippen molar-refractivity contribution in [3.05, 3.63) is 65.5 Å². The molecule has 0 saturated heterocycles. The number of aryl methyl sites for hydroxylation is 1. The molecule has 6 nitrogen and oxygen atoms in total. The molecule has 1 aromatic heterocycles. The molecule has 0 aliphatic heterocycles. The summed E-state index contributed by atoms with van der Waals surface area (Å²) in [6, 6.07) is 11.3. The highest BCUT2D eigenvalue weighted by Gasteiger charge is 2.15. The van der Waals surface area contributed by atoms with E-state index in [1.807, 2.05) is 43.3 Å². The van der Waals surface area contributed by atoms with Gasteiger partial charge < -0.3 is 15.3 Å². The minimum Gasteiger partial charge on any atom is -0.481 e. The normalized spacial score (nSPS) is 10.2. The number of carboxylic acid groups (broad SMARTS) is 1. The molecule has 0 atom stereocenters. The van der Waals surface area contributed by atoms with E-state index in [1.54, 1.807) is 17.3 Å². The van der Waals surface area contributed by atoms with Crippen molar-refractivity contribution in [3.8, 4) is 0 Å². The van der Waals surface area contributed by atoms with E-state index in [-0.39, 0.29) is 19.0 Å². The lowest BCUT2D eigenvalue weighted by Crippen LogP contribution is -2.40. The van der Waals surface area contributed by atoms with Gasteiger partial charge in [0.1, 0.15) is 0 Å². The highest BCUT2D eigenvalue weighted by Crippen LogP contribution is 2.13. The number of rotatable bonds is 7. The van der Waals surface area contributed by atoms with E-state index in [4.69, 9.17) is 5.11 Å². The number of urea groups is 1. The van der Waals surface area contributed by atoms with Crippen LogP contribution in [0.25, 0.3) is 0 Å². The standard InChI is InChI=1S/C18H21N3O3/c1-14-5-2-3-7-16(14)13-21(12-15-6-4-9-19-11-15)18(24)20-10-8-17(22)23/h2-7,9,11H,8,10,12-13H2,1H3,(H,20,24)(H,22,23). The molecule has 0 saturated carbocycles. The third-order valence-corrected chi connectivity index (χ3v) is 3.62. The molecule has 0 spiro atoms. The number of pyridine rings is 1. The van der Waals surface area contributed by atoms with Crippen LogP contribution in [0.15, 0.2) is 48.8 Å². The Bertz CT molecular complexity index is 689. The quantitative estimate of drug-likeness (QED) is 0.819. The zero-order valence-electron chi connectivity index (χ0n) is 13.6. The van der Waals surface area contributed by atoms with E-state index < -0.39 is 5.97 Å². The van der Waals surface area contributed by atoms with Gasteiger partial charge in [0.05, 0.1) is 6.42 Å². The molecule has 2 amide bonds. The fourth-order valence-electron chi connectivity index (χ4n) is 2.29. The molecule has 0 unspecified atom stereocenters. The number of carbonyl (C=O) groups excluding carboxylic acids is 1. The second kappa shape index (κ2) is 8.67. The summed E-state index contributed by atoms with van der Waals surface area (Å²) in [5.41, 5.74) is 3.07. The molecule has 0 radical (unpaired) electrons. The number of aromatic nitrogens is 1. The molecule has 2 N–H and O–H groups in total. The Balaban J connectivity index is 2.10. The molecule has 1 heterocycles. The van der Waals surface area contributed by atoms with Crippen LogP contribution in [0.5, 0.6) is 0 Å². The fourth-order valence-corrected chi connectivity index (χ4v) is 2.29. The number of hydrogen-bond donors (Lipinski definition) is 2. The average Bonchev–Trinajstić information content (AvgIpc) is 2.56. The van der Waals surface area contributed by atoms with Crippen LogP contribution in [-0.4, -0.2) is 33.5 Å². The minimum absolute atomic E-state index is 0.100. The van der Waals surface area contributed by atoms with E-state index in [0.29, 0.717) is 13.1 Å². The molecule has 2 rings (SSSR count). The summed E-state index contributed by atoms with van der Waals surface area (Å²) >= 11 is 0. The highest BCUT2D eigenvalue weighted by molar-refractivity contribution is 5.75.